The Balaban J connectivity index is 1.92. The Morgan fingerprint density at radius 3 is 2.80 bits per heavy atom. The van der Waals surface area contributed by atoms with E-state index < -0.39 is 0 Å². The maximum atomic E-state index is 8.81. The lowest BCUT2D eigenvalue weighted by molar-refractivity contribution is 0.542. The normalized spacial score (nSPS) is 22.4. The van der Waals surface area contributed by atoms with Gasteiger partial charge in [0.15, 0.2) is 0 Å². The van der Waals surface area contributed by atoms with E-state index in [2.05, 4.69) is 25.2 Å². The number of aromatic nitrogens is 1. The van der Waals surface area contributed by atoms with Gasteiger partial charge in [-0.2, -0.15) is 5.26 Å². The number of nitrogens with zero attached hydrogens (tertiary/aromatic N) is 2. The van der Waals surface area contributed by atoms with Crippen LogP contribution in [0, 0.1) is 16.7 Å². The van der Waals surface area contributed by atoms with E-state index in [9.17, 15) is 0 Å². The zero-order chi connectivity index (χ0) is 11.1. The Morgan fingerprint density at radius 1 is 1.67 bits per heavy atom. The Hall–Kier alpha value is -1.27. The smallest absolute Gasteiger partial charge is 0.120 e. The maximum absolute atomic E-state index is 8.81. The molecule has 0 radical (unpaired) electrons. The number of aryl methyl sites for hydroxylation is 1. The van der Waals surface area contributed by atoms with Crippen LogP contribution in [-0.2, 0) is 13.6 Å². The summed E-state index contributed by atoms with van der Waals surface area (Å²) in [7, 11) is 1.91. The Labute approximate surface area is 90.7 Å². The summed E-state index contributed by atoms with van der Waals surface area (Å²) in [6.07, 6.45) is 3.27. The van der Waals surface area contributed by atoms with Crippen molar-refractivity contribution in [1.29, 1.82) is 5.26 Å². The largest absolute Gasteiger partial charge is 0.342 e. The summed E-state index contributed by atoms with van der Waals surface area (Å²) in [5.74, 6) is 0. The number of rotatable bonds is 3. The quantitative estimate of drug-likeness (QED) is 0.813. The molecule has 1 unspecified atom stereocenters. The van der Waals surface area contributed by atoms with Crippen LogP contribution >= 0.6 is 0 Å². The van der Waals surface area contributed by atoms with Gasteiger partial charge < -0.3 is 9.88 Å². The highest BCUT2D eigenvalue weighted by molar-refractivity contribution is 5.28. The Kier molecular flexibility index (Phi) is 2.32. The van der Waals surface area contributed by atoms with E-state index in [0.717, 1.165) is 12.2 Å². The first-order chi connectivity index (χ1) is 7.03. The second-order valence-corrected chi connectivity index (χ2v) is 5.08. The van der Waals surface area contributed by atoms with E-state index >= 15 is 0 Å². The molecular formula is C12H17N3. The van der Waals surface area contributed by atoms with Gasteiger partial charge in [-0.15, -0.1) is 0 Å². The second-order valence-electron chi connectivity index (χ2n) is 5.08. The van der Waals surface area contributed by atoms with Crippen molar-refractivity contribution in [3.8, 4) is 6.07 Å². The van der Waals surface area contributed by atoms with E-state index in [1.165, 1.54) is 12.0 Å². The predicted molar refractivity (Wildman–Crippen MR) is 59.2 cm³/mol. The number of hydrogen-bond donors (Lipinski definition) is 1. The van der Waals surface area contributed by atoms with E-state index in [1.807, 2.05) is 23.9 Å². The van der Waals surface area contributed by atoms with Crippen molar-refractivity contribution >= 4 is 0 Å². The van der Waals surface area contributed by atoms with Gasteiger partial charge in [0.1, 0.15) is 11.8 Å². The van der Waals surface area contributed by atoms with Crippen molar-refractivity contribution in [2.24, 2.45) is 12.5 Å². The first kappa shape index (κ1) is 10.3. The topological polar surface area (TPSA) is 40.8 Å². The van der Waals surface area contributed by atoms with Crippen molar-refractivity contribution in [3.05, 3.63) is 23.5 Å². The zero-order valence-corrected chi connectivity index (χ0v) is 9.54. The average molecular weight is 203 g/mol. The Bertz CT molecular complexity index is 409. The molecule has 0 saturated heterocycles. The maximum Gasteiger partial charge on any atom is 0.120 e. The minimum atomic E-state index is 0.465. The summed E-state index contributed by atoms with van der Waals surface area (Å²) in [6.45, 7) is 5.41. The van der Waals surface area contributed by atoms with Crippen LogP contribution in [0.1, 0.15) is 31.5 Å². The first-order valence-electron chi connectivity index (χ1n) is 5.31. The van der Waals surface area contributed by atoms with Crippen LogP contribution in [0.25, 0.3) is 0 Å². The van der Waals surface area contributed by atoms with Crippen molar-refractivity contribution in [2.75, 3.05) is 0 Å². The molecule has 3 heteroatoms. The van der Waals surface area contributed by atoms with Crippen LogP contribution in [0.2, 0.25) is 0 Å². The molecule has 1 aliphatic carbocycles. The number of nitrogens with one attached hydrogen (secondary N) is 1. The lowest BCUT2D eigenvalue weighted by Gasteiger charge is -2.04. The lowest BCUT2D eigenvalue weighted by Crippen LogP contribution is -2.19. The van der Waals surface area contributed by atoms with Gasteiger partial charge in [-0.05, 0) is 23.5 Å². The highest BCUT2D eigenvalue weighted by Crippen LogP contribution is 2.44. The second kappa shape index (κ2) is 3.39. The van der Waals surface area contributed by atoms with Gasteiger partial charge in [-0.3, -0.25) is 0 Å². The molecule has 2 rings (SSSR count). The van der Waals surface area contributed by atoms with Gasteiger partial charge in [0, 0.05) is 25.8 Å². The predicted octanol–water partition coefficient (Wildman–Crippen LogP) is 1.78. The highest BCUT2D eigenvalue weighted by Gasteiger charge is 2.44. The fourth-order valence-corrected chi connectivity index (χ4v) is 1.90. The molecule has 1 fully saturated rings. The van der Waals surface area contributed by atoms with Crippen molar-refractivity contribution < 1.29 is 0 Å². The standard InChI is InChI=1S/C12H17N3/c1-12(2)5-11(12)14-7-9-4-10(6-13)15(3)8-9/h4,8,11,14H,5,7H2,1-3H3. The van der Waals surface area contributed by atoms with E-state index in [4.69, 9.17) is 5.26 Å². The van der Waals surface area contributed by atoms with Gasteiger partial charge in [-0.1, -0.05) is 13.8 Å². The molecule has 0 bridgehead atoms. The van der Waals surface area contributed by atoms with Crippen molar-refractivity contribution in [3.63, 3.8) is 0 Å². The molecule has 1 aromatic rings. The van der Waals surface area contributed by atoms with Crippen LogP contribution in [0.4, 0.5) is 0 Å². The minimum absolute atomic E-state index is 0.465. The Morgan fingerprint density at radius 2 is 2.33 bits per heavy atom. The minimum Gasteiger partial charge on any atom is -0.342 e. The number of nitriles is 1. The third kappa shape index (κ3) is 2.05. The summed E-state index contributed by atoms with van der Waals surface area (Å²) in [4.78, 5) is 0. The molecule has 0 aliphatic heterocycles. The average Bonchev–Trinajstić information content (AvgIpc) is 2.62. The molecule has 1 atom stereocenters. The molecule has 0 spiro atoms. The lowest BCUT2D eigenvalue weighted by atomic mass is 10.2. The fraction of sp³-hybridized carbons (Fsp3) is 0.583. The van der Waals surface area contributed by atoms with Crippen LogP contribution in [0.3, 0.4) is 0 Å². The molecular weight excluding hydrogens is 186 g/mol. The van der Waals surface area contributed by atoms with Crippen LogP contribution in [-0.4, -0.2) is 10.6 Å². The molecule has 1 N–H and O–H groups in total. The molecule has 15 heavy (non-hydrogen) atoms. The highest BCUT2D eigenvalue weighted by atomic mass is 15.0. The van der Waals surface area contributed by atoms with Gasteiger partial charge in [0.2, 0.25) is 0 Å². The third-order valence-corrected chi connectivity index (χ3v) is 3.24. The van der Waals surface area contributed by atoms with Gasteiger partial charge in [-0.25, -0.2) is 0 Å². The summed E-state index contributed by atoms with van der Waals surface area (Å²) in [5.41, 5.74) is 2.38. The summed E-state index contributed by atoms with van der Waals surface area (Å²) in [5, 5.41) is 12.3. The zero-order valence-electron chi connectivity index (χ0n) is 9.54. The van der Waals surface area contributed by atoms with Crippen molar-refractivity contribution in [1.82, 2.24) is 9.88 Å². The van der Waals surface area contributed by atoms with Crippen LogP contribution in [0.15, 0.2) is 12.3 Å². The first-order valence-corrected chi connectivity index (χ1v) is 5.31. The van der Waals surface area contributed by atoms with Crippen LogP contribution in [0.5, 0.6) is 0 Å². The summed E-state index contributed by atoms with van der Waals surface area (Å²) in [6, 6.07) is 4.76. The van der Waals surface area contributed by atoms with Crippen molar-refractivity contribution in [2.45, 2.75) is 32.9 Å². The monoisotopic (exact) mass is 203 g/mol. The van der Waals surface area contributed by atoms with E-state index in [1.54, 1.807) is 0 Å². The van der Waals surface area contributed by atoms with E-state index in [-0.39, 0.29) is 0 Å². The summed E-state index contributed by atoms with van der Waals surface area (Å²) >= 11 is 0. The third-order valence-electron chi connectivity index (χ3n) is 3.24. The molecule has 0 amide bonds. The molecule has 1 aliphatic rings. The molecule has 0 aromatic carbocycles. The molecule has 1 saturated carbocycles. The molecule has 1 aromatic heterocycles. The van der Waals surface area contributed by atoms with E-state index in [0.29, 0.717) is 11.5 Å². The van der Waals surface area contributed by atoms with Crippen LogP contribution < -0.4 is 5.32 Å². The van der Waals surface area contributed by atoms with Gasteiger partial charge in [0.05, 0.1) is 0 Å². The van der Waals surface area contributed by atoms with Gasteiger partial charge >= 0.3 is 0 Å². The van der Waals surface area contributed by atoms with Gasteiger partial charge in [0.25, 0.3) is 0 Å². The molecule has 80 valence electrons. The summed E-state index contributed by atoms with van der Waals surface area (Å²) < 4.78 is 1.87. The molecule has 3 nitrogen and oxygen atoms in total. The molecule has 1 heterocycles. The fourth-order valence-electron chi connectivity index (χ4n) is 1.90. The SMILES string of the molecule is Cn1cc(CNC2CC2(C)C)cc1C#N. The number of hydrogen-bond acceptors (Lipinski definition) is 2.